The molecule has 0 aliphatic heterocycles. The molecule has 17 heavy (non-hydrogen) atoms. The molecule has 1 aromatic carbocycles. The lowest BCUT2D eigenvalue weighted by Gasteiger charge is -1.98. The second-order valence-electron chi connectivity index (χ2n) is 4.18. The van der Waals surface area contributed by atoms with Gasteiger partial charge in [-0.15, -0.1) is 0 Å². The highest BCUT2D eigenvalue weighted by Crippen LogP contribution is 2.32. The molecule has 0 unspecified atom stereocenters. The van der Waals surface area contributed by atoms with Gasteiger partial charge < -0.3 is 10.2 Å². The molecule has 2 N–H and O–H groups in total. The molecule has 0 bridgehead atoms. The Morgan fingerprint density at radius 1 is 1.35 bits per heavy atom. The molecule has 4 heteroatoms. The van der Waals surface area contributed by atoms with Gasteiger partial charge in [0.05, 0.1) is 11.9 Å². The van der Waals surface area contributed by atoms with E-state index in [1.165, 1.54) is 0 Å². The molecule has 0 saturated carbocycles. The minimum atomic E-state index is 0.629. The van der Waals surface area contributed by atoms with Gasteiger partial charge in [0, 0.05) is 12.4 Å². The Balaban J connectivity index is 2.29. The van der Waals surface area contributed by atoms with Crippen LogP contribution in [0.25, 0.3) is 22.4 Å². The first-order valence-electron chi connectivity index (χ1n) is 5.44. The maximum absolute atomic E-state index is 5.89. The van der Waals surface area contributed by atoms with E-state index >= 15 is 0 Å². The van der Waals surface area contributed by atoms with Gasteiger partial charge in [0.25, 0.3) is 0 Å². The third-order valence-corrected chi connectivity index (χ3v) is 2.94. The van der Waals surface area contributed by atoms with E-state index < -0.39 is 0 Å². The molecule has 0 aliphatic rings. The molecule has 0 aliphatic carbocycles. The topological polar surface area (TPSA) is 57.0 Å². The highest BCUT2D eigenvalue weighted by atomic mass is 16.3. The van der Waals surface area contributed by atoms with E-state index in [2.05, 4.69) is 5.10 Å². The van der Waals surface area contributed by atoms with Crippen LogP contribution < -0.4 is 5.73 Å². The van der Waals surface area contributed by atoms with Crippen molar-refractivity contribution in [1.29, 1.82) is 0 Å². The van der Waals surface area contributed by atoms with E-state index in [9.17, 15) is 0 Å². The van der Waals surface area contributed by atoms with E-state index in [1.807, 2.05) is 38.2 Å². The summed E-state index contributed by atoms with van der Waals surface area (Å²) in [5.74, 6) is 0.756. The van der Waals surface area contributed by atoms with Gasteiger partial charge in [-0.25, -0.2) is 0 Å². The minimum Gasteiger partial charge on any atom is -0.454 e. The molecular weight excluding hydrogens is 214 g/mol. The van der Waals surface area contributed by atoms with Crippen LogP contribution in [0.2, 0.25) is 0 Å². The molecule has 0 atom stereocenters. The zero-order chi connectivity index (χ0) is 12.0. The van der Waals surface area contributed by atoms with Gasteiger partial charge in [-0.2, -0.15) is 5.10 Å². The fourth-order valence-electron chi connectivity index (χ4n) is 2.08. The fraction of sp³-hybridized carbons (Fsp3) is 0.154. The largest absolute Gasteiger partial charge is 0.454 e. The molecule has 0 spiro atoms. The summed E-state index contributed by atoms with van der Waals surface area (Å²) in [5.41, 5.74) is 9.36. The highest BCUT2D eigenvalue weighted by molar-refractivity contribution is 5.86. The number of aryl methyl sites for hydroxylation is 2. The number of rotatable bonds is 1. The zero-order valence-corrected chi connectivity index (χ0v) is 9.77. The number of hydrogen-bond donors (Lipinski definition) is 1. The molecule has 0 amide bonds. The summed E-state index contributed by atoms with van der Waals surface area (Å²) in [7, 11) is 1.85. The van der Waals surface area contributed by atoms with E-state index in [4.69, 9.17) is 10.2 Å². The molecule has 3 aromatic rings. The van der Waals surface area contributed by atoms with Gasteiger partial charge >= 0.3 is 0 Å². The molecular formula is C13H13N3O. The first-order chi connectivity index (χ1) is 8.16. The second-order valence-corrected chi connectivity index (χ2v) is 4.18. The summed E-state index contributed by atoms with van der Waals surface area (Å²) in [5, 5.41) is 5.20. The lowest BCUT2D eigenvalue weighted by molar-refractivity contribution is 0.616. The van der Waals surface area contributed by atoms with Crippen molar-refractivity contribution in [3.8, 4) is 11.5 Å². The van der Waals surface area contributed by atoms with E-state index in [1.54, 1.807) is 10.9 Å². The lowest BCUT2D eigenvalue weighted by atomic mass is 10.2. The predicted molar refractivity (Wildman–Crippen MR) is 67.6 cm³/mol. The maximum Gasteiger partial charge on any atom is 0.155 e. The van der Waals surface area contributed by atoms with Gasteiger partial charge in [-0.3, -0.25) is 4.68 Å². The van der Waals surface area contributed by atoms with Crippen LogP contribution in [0.3, 0.4) is 0 Å². The smallest absolute Gasteiger partial charge is 0.155 e. The van der Waals surface area contributed by atoms with Crippen molar-refractivity contribution >= 4 is 16.7 Å². The van der Waals surface area contributed by atoms with E-state index in [0.717, 1.165) is 28.0 Å². The minimum absolute atomic E-state index is 0.629. The fourth-order valence-corrected chi connectivity index (χ4v) is 2.08. The number of nitrogens with two attached hydrogens (primary N) is 1. The average Bonchev–Trinajstić information content (AvgIpc) is 2.84. The number of benzene rings is 1. The van der Waals surface area contributed by atoms with Crippen LogP contribution in [-0.4, -0.2) is 9.78 Å². The van der Waals surface area contributed by atoms with Gasteiger partial charge in [-0.1, -0.05) is 18.2 Å². The Morgan fingerprint density at radius 3 is 2.82 bits per heavy atom. The number of aromatic nitrogens is 2. The third kappa shape index (κ3) is 1.41. The summed E-state index contributed by atoms with van der Waals surface area (Å²) in [6.07, 6.45) is 1.63. The normalized spacial score (nSPS) is 11.2. The van der Waals surface area contributed by atoms with Crippen LogP contribution >= 0.6 is 0 Å². The van der Waals surface area contributed by atoms with Crippen LogP contribution in [0.1, 0.15) is 5.56 Å². The van der Waals surface area contributed by atoms with Crippen molar-refractivity contribution in [1.82, 2.24) is 9.78 Å². The number of fused-ring (bicyclic) bond motifs is 1. The maximum atomic E-state index is 5.89. The molecule has 0 fully saturated rings. The summed E-state index contributed by atoms with van der Waals surface area (Å²) in [6, 6.07) is 8.07. The first-order valence-corrected chi connectivity index (χ1v) is 5.44. The van der Waals surface area contributed by atoms with Gasteiger partial charge in [0.2, 0.25) is 0 Å². The molecule has 3 rings (SSSR count). The molecule has 4 nitrogen and oxygen atoms in total. The molecule has 2 aromatic heterocycles. The second kappa shape index (κ2) is 3.38. The van der Waals surface area contributed by atoms with Crippen molar-refractivity contribution in [3.05, 3.63) is 36.0 Å². The van der Waals surface area contributed by atoms with Crippen LogP contribution in [0.15, 0.2) is 34.9 Å². The van der Waals surface area contributed by atoms with Crippen molar-refractivity contribution in [2.45, 2.75) is 6.92 Å². The zero-order valence-electron chi connectivity index (χ0n) is 9.77. The Bertz CT molecular complexity index is 674. The monoisotopic (exact) mass is 227 g/mol. The van der Waals surface area contributed by atoms with Crippen molar-refractivity contribution in [3.63, 3.8) is 0 Å². The standard InChI is InChI=1S/C13H13N3O/c1-8-4-3-5-9-6-11(17-13(8)9)12-10(14)7-15-16(12)2/h3-7H,14H2,1-2H3. The highest BCUT2D eigenvalue weighted by Gasteiger charge is 2.14. The van der Waals surface area contributed by atoms with Crippen LogP contribution in [0, 0.1) is 6.92 Å². The van der Waals surface area contributed by atoms with E-state index in [-0.39, 0.29) is 0 Å². The number of anilines is 1. The van der Waals surface area contributed by atoms with Crippen LogP contribution in [0.4, 0.5) is 5.69 Å². The van der Waals surface area contributed by atoms with E-state index in [0.29, 0.717) is 5.69 Å². The Labute approximate surface area is 98.6 Å². The van der Waals surface area contributed by atoms with Crippen molar-refractivity contribution in [2.24, 2.45) is 7.05 Å². The van der Waals surface area contributed by atoms with Crippen molar-refractivity contribution in [2.75, 3.05) is 5.73 Å². The Hall–Kier alpha value is -2.23. The SMILES string of the molecule is Cc1cccc2cc(-c3c(N)cnn3C)oc12. The summed E-state index contributed by atoms with van der Waals surface area (Å²) in [4.78, 5) is 0. The van der Waals surface area contributed by atoms with Gasteiger partial charge in [-0.05, 0) is 18.6 Å². The van der Waals surface area contributed by atoms with Gasteiger partial charge in [0.1, 0.15) is 11.3 Å². The first kappa shape index (κ1) is 9.96. The number of nitrogen functional groups attached to an aromatic ring is 1. The molecule has 2 heterocycles. The Kier molecular flexibility index (Phi) is 1.98. The molecule has 0 radical (unpaired) electrons. The van der Waals surface area contributed by atoms with Gasteiger partial charge in [0.15, 0.2) is 5.76 Å². The van der Waals surface area contributed by atoms with Crippen LogP contribution in [0.5, 0.6) is 0 Å². The summed E-state index contributed by atoms with van der Waals surface area (Å²) in [6.45, 7) is 2.03. The number of nitrogens with zero attached hydrogens (tertiary/aromatic N) is 2. The number of furan rings is 1. The summed E-state index contributed by atoms with van der Waals surface area (Å²) < 4.78 is 7.59. The Morgan fingerprint density at radius 2 is 2.18 bits per heavy atom. The number of para-hydroxylation sites is 1. The van der Waals surface area contributed by atoms with Crippen molar-refractivity contribution < 1.29 is 4.42 Å². The molecule has 0 saturated heterocycles. The predicted octanol–water partition coefficient (Wildman–Crippen LogP) is 2.72. The molecule has 86 valence electrons. The quantitative estimate of drug-likeness (QED) is 0.695. The lowest BCUT2D eigenvalue weighted by Crippen LogP contribution is -1.94. The average molecular weight is 227 g/mol. The van der Waals surface area contributed by atoms with Crippen LogP contribution in [-0.2, 0) is 7.05 Å². The number of hydrogen-bond acceptors (Lipinski definition) is 3. The summed E-state index contributed by atoms with van der Waals surface area (Å²) >= 11 is 0. The third-order valence-electron chi connectivity index (χ3n) is 2.94.